The van der Waals surface area contributed by atoms with Crippen molar-refractivity contribution < 1.29 is 19.1 Å². The van der Waals surface area contributed by atoms with E-state index in [1.54, 1.807) is 6.92 Å². The van der Waals surface area contributed by atoms with Gasteiger partial charge in [-0.3, -0.25) is 4.79 Å². The van der Waals surface area contributed by atoms with Gasteiger partial charge in [0.1, 0.15) is 17.5 Å². The van der Waals surface area contributed by atoms with Gasteiger partial charge in [0, 0.05) is 12.3 Å². The van der Waals surface area contributed by atoms with Crippen molar-refractivity contribution in [1.29, 1.82) is 0 Å². The Bertz CT molecular complexity index is 764. The maximum absolute atomic E-state index is 12.6. The highest BCUT2D eigenvalue weighted by molar-refractivity contribution is 6.24. The molecule has 1 fully saturated rings. The first kappa shape index (κ1) is 18.1. The molecule has 1 amide bonds. The molecular formula is C19H23N3O4. The molecule has 0 spiro atoms. The summed E-state index contributed by atoms with van der Waals surface area (Å²) in [6.07, 6.45) is 1.54. The van der Waals surface area contributed by atoms with Crippen LogP contribution in [0.25, 0.3) is 0 Å². The molecular weight excluding hydrogens is 334 g/mol. The van der Waals surface area contributed by atoms with Crippen molar-refractivity contribution in [2.45, 2.75) is 39.2 Å². The quantitative estimate of drug-likeness (QED) is 0.809. The third kappa shape index (κ3) is 3.77. The number of anilines is 1. The third-order valence-electron chi connectivity index (χ3n) is 4.26. The summed E-state index contributed by atoms with van der Waals surface area (Å²) in [6.45, 7) is 4.47. The van der Waals surface area contributed by atoms with E-state index in [0.29, 0.717) is 30.8 Å². The lowest BCUT2D eigenvalue weighted by Crippen LogP contribution is -2.41. The topological polar surface area (TPSA) is 89.0 Å². The number of hydrogen-bond donors (Lipinski definition) is 2. The number of esters is 1. The minimum atomic E-state index is -0.518. The molecule has 3 rings (SSSR count). The van der Waals surface area contributed by atoms with Gasteiger partial charge in [0.15, 0.2) is 0 Å². The van der Waals surface area contributed by atoms with Crippen LogP contribution in [0.15, 0.2) is 40.5 Å². The second-order valence-corrected chi connectivity index (χ2v) is 6.02. The second-order valence-electron chi connectivity index (χ2n) is 6.02. The van der Waals surface area contributed by atoms with E-state index in [2.05, 4.69) is 15.6 Å². The number of aliphatic imine (C=N–C) groups is 1. The smallest absolute Gasteiger partial charge is 0.343 e. The first-order chi connectivity index (χ1) is 12.6. The molecule has 1 atom stereocenters. The number of benzene rings is 1. The molecule has 0 aromatic heterocycles. The zero-order valence-corrected chi connectivity index (χ0v) is 15.0. The van der Waals surface area contributed by atoms with E-state index in [9.17, 15) is 9.59 Å². The molecule has 0 radical (unpaired) electrons. The Labute approximate surface area is 152 Å². The standard InChI is InChI=1S/C19H23N3O4/c1-3-12-16(19(24)25-4-2)17(22-18(23)15-10-7-11-26-15)21-14-9-6-5-8-13(14)20-12/h5-6,8-9,15,20H,3-4,7,10-11H2,1-2H3,(H,21,22,23). The van der Waals surface area contributed by atoms with Crippen LogP contribution in [0.1, 0.15) is 33.1 Å². The van der Waals surface area contributed by atoms with Crippen molar-refractivity contribution in [3.8, 4) is 0 Å². The molecule has 1 unspecified atom stereocenters. The maximum Gasteiger partial charge on any atom is 0.343 e. The summed E-state index contributed by atoms with van der Waals surface area (Å²) < 4.78 is 10.6. The van der Waals surface area contributed by atoms with Gasteiger partial charge in [0.05, 0.1) is 18.0 Å². The molecule has 1 saturated heterocycles. The number of carbonyl (C=O) groups is 2. The molecule has 1 aromatic rings. The van der Waals surface area contributed by atoms with Crippen molar-refractivity contribution in [2.75, 3.05) is 18.5 Å². The van der Waals surface area contributed by atoms with E-state index in [4.69, 9.17) is 9.47 Å². The molecule has 2 heterocycles. The summed E-state index contributed by atoms with van der Waals surface area (Å²) in [6, 6.07) is 7.43. The highest BCUT2D eigenvalue weighted by Gasteiger charge is 2.30. The maximum atomic E-state index is 12.6. The molecule has 7 nitrogen and oxygen atoms in total. The first-order valence-corrected chi connectivity index (χ1v) is 8.91. The van der Waals surface area contributed by atoms with Crippen LogP contribution in [-0.4, -0.2) is 37.0 Å². The fourth-order valence-electron chi connectivity index (χ4n) is 2.98. The molecule has 2 aliphatic rings. The average molecular weight is 357 g/mol. The minimum absolute atomic E-state index is 0.193. The monoisotopic (exact) mass is 357 g/mol. The number of hydrogen-bond acceptors (Lipinski definition) is 6. The van der Waals surface area contributed by atoms with Gasteiger partial charge < -0.3 is 20.1 Å². The number of ether oxygens (including phenoxy) is 2. The fourth-order valence-corrected chi connectivity index (χ4v) is 2.98. The number of nitrogens with zero attached hydrogens (tertiary/aromatic N) is 1. The van der Waals surface area contributed by atoms with Crippen molar-refractivity contribution in [3.63, 3.8) is 0 Å². The van der Waals surface area contributed by atoms with Gasteiger partial charge in [-0.25, -0.2) is 9.79 Å². The Balaban J connectivity index is 2.02. The minimum Gasteiger partial charge on any atom is -0.462 e. The lowest BCUT2D eigenvalue weighted by Gasteiger charge is -2.16. The Morgan fingerprint density at radius 3 is 2.85 bits per heavy atom. The van der Waals surface area contributed by atoms with Gasteiger partial charge in [0.2, 0.25) is 0 Å². The van der Waals surface area contributed by atoms with E-state index < -0.39 is 12.1 Å². The Morgan fingerprint density at radius 2 is 2.15 bits per heavy atom. The molecule has 7 heteroatoms. The predicted molar refractivity (Wildman–Crippen MR) is 98.2 cm³/mol. The number of nitrogens with one attached hydrogen (secondary N) is 2. The van der Waals surface area contributed by atoms with Crippen LogP contribution in [0.4, 0.5) is 11.4 Å². The molecule has 2 N–H and O–H groups in total. The van der Waals surface area contributed by atoms with Crippen LogP contribution in [0.2, 0.25) is 0 Å². The van der Waals surface area contributed by atoms with E-state index in [1.807, 2.05) is 31.2 Å². The molecule has 1 aromatic carbocycles. The van der Waals surface area contributed by atoms with Gasteiger partial charge >= 0.3 is 5.97 Å². The van der Waals surface area contributed by atoms with E-state index in [1.165, 1.54) is 0 Å². The van der Waals surface area contributed by atoms with Crippen LogP contribution >= 0.6 is 0 Å². The summed E-state index contributed by atoms with van der Waals surface area (Å²) in [5, 5.41) is 6.04. The van der Waals surface area contributed by atoms with Crippen LogP contribution < -0.4 is 10.6 Å². The Kier molecular flexibility index (Phi) is 5.68. The van der Waals surface area contributed by atoms with Gasteiger partial charge in [-0.15, -0.1) is 0 Å². The summed E-state index contributed by atoms with van der Waals surface area (Å²) >= 11 is 0. The number of fused-ring (bicyclic) bond motifs is 1. The summed E-state index contributed by atoms with van der Waals surface area (Å²) in [7, 11) is 0. The molecule has 0 bridgehead atoms. The molecule has 0 saturated carbocycles. The van der Waals surface area contributed by atoms with Crippen LogP contribution in [0, 0.1) is 0 Å². The largest absolute Gasteiger partial charge is 0.462 e. The van der Waals surface area contributed by atoms with E-state index in [0.717, 1.165) is 12.1 Å². The molecule has 2 aliphatic heterocycles. The molecule has 26 heavy (non-hydrogen) atoms. The number of carbonyl (C=O) groups excluding carboxylic acids is 2. The highest BCUT2D eigenvalue weighted by Crippen LogP contribution is 2.31. The van der Waals surface area contributed by atoms with Crippen molar-refractivity contribution >= 4 is 29.1 Å². The van der Waals surface area contributed by atoms with Crippen molar-refractivity contribution in [1.82, 2.24) is 5.32 Å². The van der Waals surface area contributed by atoms with Gasteiger partial charge in [-0.05, 0) is 38.3 Å². The Hall–Kier alpha value is -2.67. The zero-order chi connectivity index (χ0) is 18.5. The Morgan fingerprint density at radius 1 is 1.35 bits per heavy atom. The fraction of sp³-hybridized carbons (Fsp3) is 0.421. The number of amidine groups is 1. The van der Waals surface area contributed by atoms with Gasteiger partial charge in [-0.2, -0.15) is 0 Å². The lowest BCUT2D eigenvalue weighted by atomic mass is 10.1. The van der Waals surface area contributed by atoms with Gasteiger partial charge in [-0.1, -0.05) is 19.1 Å². The summed E-state index contributed by atoms with van der Waals surface area (Å²) in [5.74, 6) is -0.618. The zero-order valence-electron chi connectivity index (χ0n) is 15.0. The summed E-state index contributed by atoms with van der Waals surface area (Å²) in [5.41, 5.74) is 2.31. The average Bonchev–Trinajstić information content (AvgIpc) is 3.12. The van der Waals surface area contributed by atoms with E-state index >= 15 is 0 Å². The van der Waals surface area contributed by atoms with E-state index in [-0.39, 0.29) is 23.9 Å². The van der Waals surface area contributed by atoms with Crippen LogP contribution in [-0.2, 0) is 19.1 Å². The van der Waals surface area contributed by atoms with Crippen LogP contribution in [0.5, 0.6) is 0 Å². The highest BCUT2D eigenvalue weighted by atomic mass is 16.5. The summed E-state index contributed by atoms with van der Waals surface area (Å²) in [4.78, 5) is 29.7. The first-order valence-electron chi connectivity index (χ1n) is 8.91. The normalized spacial score (nSPS) is 19.2. The third-order valence-corrected chi connectivity index (χ3v) is 4.26. The number of allylic oxidation sites excluding steroid dienone is 1. The molecule has 138 valence electrons. The number of rotatable bonds is 4. The van der Waals surface area contributed by atoms with Gasteiger partial charge in [0.25, 0.3) is 5.91 Å². The lowest BCUT2D eigenvalue weighted by molar-refractivity contribution is -0.137. The number of para-hydroxylation sites is 2. The van der Waals surface area contributed by atoms with Crippen LogP contribution in [0.3, 0.4) is 0 Å². The predicted octanol–water partition coefficient (Wildman–Crippen LogP) is 2.66. The second kappa shape index (κ2) is 8.14. The number of amides is 1. The van der Waals surface area contributed by atoms with Crippen molar-refractivity contribution in [3.05, 3.63) is 35.5 Å². The SMILES string of the molecule is CCOC(=O)C1=C(CC)Nc2ccccc2N=C1NC(=O)C1CCCO1. The van der Waals surface area contributed by atoms with Crippen molar-refractivity contribution in [2.24, 2.45) is 4.99 Å². The molecule has 0 aliphatic carbocycles.